The number of pyridine rings is 1. The second-order valence-corrected chi connectivity index (χ2v) is 12.8. The third kappa shape index (κ3) is 3.51. The van der Waals surface area contributed by atoms with Crippen molar-refractivity contribution in [3.8, 4) is 11.3 Å². The Morgan fingerprint density at radius 2 is 1.62 bits per heavy atom. The summed E-state index contributed by atoms with van der Waals surface area (Å²) in [5.74, 6) is 4.03. The first-order chi connectivity index (χ1) is 18.1. The Balaban J connectivity index is 1.17. The predicted octanol–water partition coefficient (Wildman–Crippen LogP) is 5.13. The van der Waals surface area contributed by atoms with Crippen LogP contribution in [0.4, 0.5) is 0 Å². The molecule has 4 bridgehead atoms. The zero-order valence-electron chi connectivity index (χ0n) is 21.4. The molecule has 192 valence electrons. The number of aromatic amines is 1. The average Bonchev–Trinajstić information content (AvgIpc) is 3.11. The summed E-state index contributed by atoms with van der Waals surface area (Å²) in [6.45, 7) is 0. The lowest BCUT2D eigenvalue weighted by Gasteiger charge is -2.54. The fourth-order valence-electron chi connectivity index (χ4n) is 9.52. The van der Waals surface area contributed by atoms with E-state index in [0.29, 0.717) is 23.3 Å². The third-order valence-electron chi connectivity index (χ3n) is 10.9. The van der Waals surface area contributed by atoms with E-state index in [1.54, 1.807) is 12.3 Å². The maximum atomic E-state index is 14.1. The van der Waals surface area contributed by atoms with Gasteiger partial charge in [-0.1, -0.05) is 18.6 Å². The number of fused-ring (bicyclic) bond motifs is 4. The van der Waals surface area contributed by atoms with Crippen molar-refractivity contribution < 1.29 is 0 Å². The first kappa shape index (κ1) is 22.3. The van der Waals surface area contributed by atoms with Gasteiger partial charge in [-0.2, -0.15) is 0 Å². The number of hydrogen-bond donors (Lipinski definition) is 1. The Morgan fingerprint density at radius 3 is 2.46 bits per heavy atom. The molecule has 8 atom stereocenters. The summed E-state index contributed by atoms with van der Waals surface area (Å²) in [4.78, 5) is 36.5. The smallest absolute Gasteiger partial charge is 0.277 e. The van der Waals surface area contributed by atoms with Crippen LogP contribution in [0.25, 0.3) is 22.3 Å². The number of para-hydroxylation sites is 2. The van der Waals surface area contributed by atoms with Crippen LogP contribution in [-0.2, 0) is 0 Å². The monoisotopic (exact) mass is 496 g/mol. The molecule has 0 amide bonds. The van der Waals surface area contributed by atoms with Crippen LogP contribution in [-0.4, -0.2) is 37.6 Å². The second kappa shape index (κ2) is 8.39. The van der Waals surface area contributed by atoms with Gasteiger partial charge in [-0.3, -0.25) is 14.5 Å². The van der Waals surface area contributed by atoms with E-state index in [4.69, 9.17) is 4.98 Å². The minimum Gasteiger partial charge on any atom is -0.329 e. The van der Waals surface area contributed by atoms with Gasteiger partial charge in [-0.25, -0.2) is 4.98 Å². The van der Waals surface area contributed by atoms with E-state index < -0.39 is 0 Å². The highest BCUT2D eigenvalue weighted by Crippen LogP contribution is 2.59. The normalized spacial score (nSPS) is 36.8. The van der Waals surface area contributed by atoms with Gasteiger partial charge in [0.2, 0.25) is 5.56 Å². The highest BCUT2D eigenvalue weighted by Gasteiger charge is 2.53. The second-order valence-electron chi connectivity index (χ2n) is 12.8. The van der Waals surface area contributed by atoms with Gasteiger partial charge >= 0.3 is 0 Å². The number of rotatable bonds is 3. The van der Waals surface area contributed by atoms with E-state index in [0.717, 1.165) is 53.6 Å². The number of hydrogen-bond acceptors (Lipinski definition) is 4. The fraction of sp³-hybridized carbons (Fsp3) is 0.581. The quantitative estimate of drug-likeness (QED) is 0.545. The van der Waals surface area contributed by atoms with E-state index in [1.165, 1.54) is 57.4 Å². The zero-order valence-corrected chi connectivity index (χ0v) is 21.4. The van der Waals surface area contributed by atoms with Crippen LogP contribution in [0.5, 0.6) is 0 Å². The Labute approximate surface area is 217 Å². The number of nitrogens with zero attached hydrogens (tertiary/aromatic N) is 3. The van der Waals surface area contributed by atoms with Crippen molar-refractivity contribution in [2.24, 2.45) is 23.7 Å². The predicted molar refractivity (Wildman–Crippen MR) is 144 cm³/mol. The Hall–Kier alpha value is -2.73. The van der Waals surface area contributed by atoms with Gasteiger partial charge in [0, 0.05) is 42.0 Å². The molecule has 6 nitrogen and oxygen atoms in total. The lowest BCUT2D eigenvalue weighted by Crippen LogP contribution is -2.58. The summed E-state index contributed by atoms with van der Waals surface area (Å²) in [5, 5.41) is 0. The molecule has 0 spiro atoms. The lowest BCUT2D eigenvalue weighted by atomic mass is 9.64. The molecular formula is C31H36N4O2. The summed E-state index contributed by atoms with van der Waals surface area (Å²) < 4.78 is 2.05. The number of aromatic nitrogens is 3. The van der Waals surface area contributed by atoms with E-state index in [1.807, 2.05) is 28.8 Å². The van der Waals surface area contributed by atoms with E-state index in [-0.39, 0.29) is 17.2 Å². The Morgan fingerprint density at radius 1 is 0.811 bits per heavy atom. The minimum absolute atomic E-state index is 0.0619. The zero-order chi connectivity index (χ0) is 24.7. The molecule has 1 aromatic carbocycles. The van der Waals surface area contributed by atoms with Crippen molar-refractivity contribution >= 4 is 11.0 Å². The summed E-state index contributed by atoms with van der Waals surface area (Å²) in [7, 11) is 0. The molecule has 8 rings (SSSR count). The molecule has 1 unspecified atom stereocenters. The molecule has 5 aliphatic rings. The molecule has 0 radical (unpaired) electrons. The molecule has 3 aliphatic carbocycles. The van der Waals surface area contributed by atoms with Crippen LogP contribution in [0.2, 0.25) is 0 Å². The number of piperidine rings is 2. The topological polar surface area (TPSA) is 71.0 Å². The highest BCUT2D eigenvalue weighted by molar-refractivity contribution is 5.78. The molecule has 6 heteroatoms. The number of nitrogens with one attached hydrogen (secondary N) is 1. The summed E-state index contributed by atoms with van der Waals surface area (Å²) in [6, 6.07) is 13.3. The molecule has 4 heterocycles. The molecule has 2 saturated heterocycles. The van der Waals surface area contributed by atoms with E-state index in [2.05, 4.69) is 9.88 Å². The Bertz CT molecular complexity index is 1460. The summed E-state index contributed by atoms with van der Waals surface area (Å²) in [6.07, 6.45) is 14.8. The van der Waals surface area contributed by atoms with Crippen LogP contribution in [0.3, 0.4) is 0 Å². The van der Waals surface area contributed by atoms with Crippen LogP contribution >= 0.6 is 0 Å². The molecule has 37 heavy (non-hydrogen) atoms. The van der Waals surface area contributed by atoms with Crippen molar-refractivity contribution in [3.05, 3.63) is 63.3 Å². The first-order valence-corrected chi connectivity index (χ1v) is 14.6. The average molecular weight is 497 g/mol. The van der Waals surface area contributed by atoms with Gasteiger partial charge in [0.25, 0.3) is 5.56 Å². The van der Waals surface area contributed by atoms with Gasteiger partial charge in [0.1, 0.15) is 5.69 Å². The van der Waals surface area contributed by atoms with Crippen molar-refractivity contribution in [3.63, 3.8) is 0 Å². The van der Waals surface area contributed by atoms with Gasteiger partial charge < -0.3 is 9.55 Å². The molecule has 2 aromatic heterocycles. The fourth-order valence-corrected chi connectivity index (χ4v) is 9.52. The maximum absolute atomic E-state index is 14.1. The maximum Gasteiger partial charge on any atom is 0.277 e. The van der Waals surface area contributed by atoms with Gasteiger partial charge in [0.15, 0.2) is 0 Å². The van der Waals surface area contributed by atoms with Gasteiger partial charge in [-0.05, 0) is 99.7 Å². The molecule has 1 N–H and O–H groups in total. The van der Waals surface area contributed by atoms with Crippen molar-refractivity contribution in [1.29, 1.82) is 0 Å². The minimum atomic E-state index is -0.212. The lowest BCUT2D eigenvalue weighted by molar-refractivity contribution is -0.0437. The largest absolute Gasteiger partial charge is 0.329 e. The van der Waals surface area contributed by atoms with Gasteiger partial charge in [-0.15, -0.1) is 0 Å². The molecule has 3 aromatic rings. The third-order valence-corrected chi connectivity index (χ3v) is 10.9. The summed E-state index contributed by atoms with van der Waals surface area (Å²) >= 11 is 0. The van der Waals surface area contributed by atoms with E-state index >= 15 is 0 Å². The van der Waals surface area contributed by atoms with Crippen molar-refractivity contribution in [2.45, 2.75) is 88.4 Å². The van der Waals surface area contributed by atoms with Crippen molar-refractivity contribution in [1.82, 2.24) is 19.4 Å². The van der Waals surface area contributed by atoms with E-state index in [9.17, 15) is 9.59 Å². The molecular weight excluding hydrogens is 460 g/mol. The first-order valence-electron chi connectivity index (χ1n) is 14.6. The molecule has 2 aliphatic heterocycles. The van der Waals surface area contributed by atoms with Crippen LogP contribution in [0, 0.1) is 23.7 Å². The van der Waals surface area contributed by atoms with Crippen LogP contribution in [0.15, 0.2) is 52.2 Å². The number of benzene rings is 1. The SMILES string of the molecule is O=c1cc(-c2nc3ccccc3n([C@H]3C[C@H]4CCC[C@@H](C3)N4[C@@H]3C[C@@H]4CC5[C@@H](C4)C[C@H]5C3)c2=O)cc[nH]1. The van der Waals surface area contributed by atoms with Gasteiger partial charge in [0.05, 0.1) is 11.0 Å². The molecule has 3 saturated carbocycles. The van der Waals surface area contributed by atoms with Crippen molar-refractivity contribution in [2.75, 3.05) is 0 Å². The highest BCUT2D eigenvalue weighted by atomic mass is 16.1. The van der Waals surface area contributed by atoms with Crippen LogP contribution < -0.4 is 11.1 Å². The number of H-pyrrole nitrogens is 1. The Kier molecular flexibility index (Phi) is 5.05. The van der Waals surface area contributed by atoms with Crippen LogP contribution in [0.1, 0.15) is 70.3 Å². The standard InChI is InChI=1S/C31H36N4O2/c36-29-15-19(8-9-32-29)30-31(37)35(28-7-2-1-6-27(28)33-30)25-16-22-4-3-5-23(17-25)34(22)24-11-18-10-20-13-21(14-24)26(20)12-18/h1-2,6-9,15,18,20-26H,3-5,10-14,16-17H2,(H,32,36)/t18-,20+,21+,22-,23+,24-,25+,26?/m1/s1. The molecule has 5 fully saturated rings. The summed E-state index contributed by atoms with van der Waals surface area (Å²) in [5.41, 5.74) is 2.45.